The van der Waals surface area contributed by atoms with Crippen molar-refractivity contribution in [1.29, 1.82) is 0 Å². The zero-order valence-electron chi connectivity index (χ0n) is 75.7. The van der Waals surface area contributed by atoms with Gasteiger partial charge in [-0.3, -0.25) is 34.6 Å². The predicted molar refractivity (Wildman–Crippen MR) is 514 cm³/mol. The number of nitro groups is 1. The summed E-state index contributed by atoms with van der Waals surface area (Å²) in [5.41, 5.74) is 11.8. The van der Waals surface area contributed by atoms with Crippen molar-refractivity contribution in [3.05, 3.63) is 393 Å². The van der Waals surface area contributed by atoms with E-state index in [0.717, 1.165) is 68.5 Å². The van der Waals surface area contributed by atoms with E-state index in [9.17, 15) is 10.1 Å². The molecule has 0 saturated carbocycles. The maximum atomic E-state index is 15.3. The van der Waals surface area contributed by atoms with Crippen LogP contribution in [0.15, 0.2) is 326 Å². The molecule has 0 aromatic heterocycles. The summed E-state index contributed by atoms with van der Waals surface area (Å²) >= 11 is 0. The Kier molecular flexibility index (Phi) is 35.1. The minimum Gasteiger partial charge on any atom is -0.497 e. The number of methoxy groups -OCH3 is 6. The summed E-state index contributed by atoms with van der Waals surface area (Å²) in [6.45, 7) is 17.5. The van der Waals surface area contributed by atoms with Crippen molar-refractivity contribution >= 4 is 24.0 Å². The smallest absolute Gasteiger partial charge is 0.289 e. The Labute approximate surface area is 755 Å². The second-order valence-corrected chi connectivity index (χ2v) is 41.3. The molecule has 0 radical (unpaired) electrons. The normalized spacial score (nSPS) is 13.4. The van der Waals surface area contributed by atoms with E-state index < -0.39 is 39.9 Å². The van der Waals surface area contributed by atoms with Gasteiger partial charge in [0.15, 0.2) is 13.2 Å². The number of nitrogens with one attached hydrogen (secondary N) is 1. The van der Waals surface area contributed by atoms with Gasteiger partial charge in [0.2, 0.25) is 10.0 Å². The number of hydrogen-bond donors (Lipinski definition) is 1. The largest absolute Gasteiger partial charge is 0.497 e. The summed E-state index contributed by atoms with van der Waals surface area (Å²) in [5, 5.41) is 12.8. The zero-order chi connectivity index (χ0) is 89.6. The molecule has 12 rings (SSSR count). The number of rotatable bonds is 50. The first-order valence-corrected chi connectivity index (χ1v) is 48.5. The highest BCUT2D eigenvalue weighted by Gasteiger charge is 2.40. The summed E-state index contributed by atoms with van der Waals surface area (Å²) in [7, 11) is 3.26. The highest BCUT2D eigenvalue weighted by Crippen LogP contribution is 2.38. The molecule has 12 aromatic carbocycles. The monoisotopic (exact) mass is 1750 g/mol. The van der Waals surface area contributed by atoms with Gasteiger partial charge in [-0.15, -0.1) is 0 Å². The summed E-state index contributed by atoms with van der Waals surface area (Å²) < 4.78 is 76.3. The van der Waals surface area contributed by atoms with Gasteiger partial charge in [0.05, 0.1) is 47.6 Å². The van der Waals surface area contributed by atoms with Crippen LogP contribution in [-0.4, -0.2) is 164 Å². The first kappa shape index (κ1) is 94.8. The van der Waals surface area contributed by atoms with Crippen LogP contribution in [0.2, 0.25) is 18.1 Å². The van der Waals surface area contributed by atoms with Crippen molar-refractivity contribution in [1.82, 2.24) is 29.2 Å². The van der Waals surface area contributed by atoms with Gasteiger partial charge in [-0.2, -0.15) is 0 Å². The number of ether oxygens (including phenoxy) is 6. The van der Waals surface area contributed by atoms with E-state index in [1.807, 2.05) is 54.6 Å². The molecule has 0 heterocycles. The third kappa shape index (κ3) is 28.6. The molecule has 20 heteroatoms. The zero-order valence-corrected chi connectivity index (χ0v) is 77.5. The van der Waals surface area contributed by atoms with Crippen LogP contribution in [0.1, 0.15) is 82.0 Å². The van der Waals surface area contributed by atoms with E-state index >= 15 is 8.42 Å². The van der Waals surface area contributed by atoms with E-state index in [0.29, 0.717) is 96.9 Å². The number of nitrogens with zero attached hydrogens (tertiary/aromatic N) is 6. The Morgan fingerprint density at radius 1 is 0.315 bits per heavy atom. The minimum absolute atomic E-state index is 0.0455. The fraction of sp³-hybridized carbons (Fsp3) is 0.327. The molecule has 0 amide bonds. The summed E-state index contributed by atoms with van der Waals surface area (Å²) in [6.07, 6.45) is 3.44. The fourth-order valence-corrected chi connectivity index (χ4v) is 19.1. The van der Waals surface area contributed by atoms with Gasteiger partial charge in [0, 0.05) is 114 Å². The lowest BCUT2D eigenvalue weighted by Crippen LogP contribution is -2.57. The molecule has 0 unspecified atom stereocenters. The molecule has 666 valence electrons. The Morgan fingerprint density at radius 3 is 0.795 bits per heavy atom. The molecule has 127 heavy (non-hydrogen) atoms. The van der Waals surface area contributed by atoms with Crippen LogP contribution in [0, 0.1) is 10.1 Å². The lowest BCUT2D eigenvalue weighted by Gasteiger charge is -2.45. The van der Waals surface area contributed by atoms with Crippen LogP contribution < -0.4 is 33.1 Å². The number of para-hydroxylation sites is 1. The Morgan fingerprint density at radius 2 is 0.543 bits per heavy atom. The predicted octanol–water partition coefficient (Wildman–Crippen LogP) is 20.1. The molecule has 0 saturated heterocycles. The molecule has 0 fully saturated rings. The Balaban J connectivity index is 1.06. The SMILES string of the molecule is COc1ccc(C[C@@H](CN(Cc2ccccc2)[C@@H](Cc2ccc(OC)cc2)CN(Cc2ccccc2)[C@@H](Cc2ccc(OC)cc2)CN(Cc2ccccc2)[C@@H](Cc2ccc(OC)cc2)CN(Cc2ccccc2)[C@@H](Cc2ccc(OC)cc2)CN(Cc2ccccc2)[C@H](CO[Si](C)(C)C(C)(C)C)Cc2ccc(OC)cc2)NS(=O)(=O)c2ccccc2[N+](=O)[O-])cc1. The molecule has 6 atom stereocenters. The number of sulfonamides is 1. The van der Waals surface area contributed by atoms with E-state index in [4.69, 9.17) is 32.8 Å². The molecule has 1 N–H and O–H groups in total. The van der Waals surface area contributed by atoms with Crippen molar-refractivity contribution in [2.45, 2.75) is 151 Å². The average molecular weight is 1750 g/mol. The molecule has 0 bridgehead atoms. The van der Waals surface area contributed by atoms with E-state index in [1.165, 1.54) is 52.1 Å². The Hall–Kier alpha value is -11.3. The van der Waals surface area contributed by atoms with Gasteiger partial charge < -0.3 is 32.8 Å². The van der Waals surface area contributed by atoms with E-state index in [2.05, 4.69) is 306 Å². The van der Waals surface area contributed by atoms with Crippen molar-refractivity contribution in [3.63, 3.8) is 0 Å². The van der Waals surface area contributed by atoms with Crippen molar-refractivity contribution in [2.75, 3.05) is 82.0 Å². The van der Waals surface area contributed by atoms with Crippen LogP contribution in [0.3, 0.4) is 0 Å². The third-order valence-corrected chi connectivity index (χ3v) is 30.9. The third-order valence-electron chi connectivity index (χ3n) is 24.9. The number of benzene rings is 12. The molecular weight excluding hydrogens is 1620 g/mol. The Bertz CT molecular complexity index is 5360. The van der Waals surface area contributed by atoms with Crippen LogP contribution in [0.4, 0.5) is 5.69 Å². The van der Waals surface area contributed by atoms with Gasteiger partial charge >= 0.3 is 0 Å². The summed E-state index contributed by atoms with van der Waals surface area (Å²) in [5.74, 6) is 4.50. The first-order chi connectivity index (χ1) is 61.5. The number of nitro benzene ring substituents is 1. The van der Waals surface area contributed by atoms with Crippen molar-refractivity contribution in [2.24, 2.45) is 0 Å². The molecule has 18 nitrogen and oxygen atoms in total. The standard InChI is InChI=1S/C107H127N7O11SSi/c1-107(2,3)127(10,11)125-81-98(70-87-51-63-104(124-9)64-52-87)113(75-92-37-25-16-26-38-92)80-97(69-86-49-61-103(123-8)62-50-86)112(74-91-35-23-15-24-36-91)79-96(68-85-47-59-102(122-7)60-48-85)111(73-90-33-21-14-22-34-90)78-95(67-84-45-57-101(121-6)58-46-84)110(72-89-31-19-13-20-32-89)77-94(66-83-43-55-100(120-5)56-44-83)109(71-88-29-17-12-18-30-88)76-93(65-82-41-53-99(119-4)54-42-82)108-126(117,118)106-40-28-27-39-105(106)114(115)116/h12-64,93-98,108H,65-81H2,1-11H3/t93-,94-,95-,96-,97-,98-/m0/s1. The van der Waals surface area contributed by atoms with Gasteiger partial charge in [-0.25, -0.2) is 13.1 Å². The lowest BCUT2D eigenvalue weighted by molar-refractivity contribution is -0.387. The van der Waals surface area contributed by atoms with Crippen LogP contribution >= 0.6 is 0 Å². The second kappa shape index (κ2) is 47.0. The van der Waals surface area contributed by atoms with Crippen LogP contribution in [0.5, 0.6) is 34.5 Å². The van der Waals surface area contributed by atoms with E-state index in [1.54, 1.807) is 42.7 Å². The number of hydrogen-bond acceptors (Lipinski definition) is 16. The van der Waals surface area contributed by atoms with Gasteiger partial charge in [0.25, 0.3) is 5.69 Å². The van der Waals surface area contributed by atoms with Crippen molar-refractivity contribution < 1.29 is 46.2 Å². The quantitative estimate of drug-likeness (QED) is 0.0217. The van der Waals surface area contributed by atoms with Gasteiger partial charge in [0.1, 0.15) is 34.5 Å². The lowest BCUT2D eigenvalue weighted by atomic mass is 9.95. The maximum Gasteiger partial charge on any atom is 0.289 e. The van der Waals surface area contributed by atoms with Crippen LogP contribution in [-0.2, 0) is 85.7 Å². The highest BCUT2D eigenvalue weighted by molar-refractivity contribution is 7.89. The molecule has 0 aliphatic rings. The first-order valence-electron chi connectivity index (χ1n) is 44.1. The summed E-state index contributed by atoms with van der Waals surface area (Å²) in [4.78, 5) is 25.3. The topological polar surface area (TPSA) is 170 Å². The maximum absolute atomic E-state index is 15.3. The van der Waals surface area contributed by atoms with Gasteiger partial charge in [-0.05, 0) is 197 Å². The van der Waals surface area contributed by atoms with Crippen LogP contribution in [0.25, 0.3) is 0 Å². The van der Waals surface area contributed by atoms with Gasteiger partial charge in [-0.1, -0.05) is 257 Å². The van der Waals surface area contributed by atoms with Crippen molar-refractivity contribution in [3.8, 4) is 34.5 Å². The fourth-order valence-electron chi connectivity index (χ4n) is 16.7. The van der Waals surface area contributed by atoms with E-state index in [-0.39, 0.29) is 48.2 Å². The molecule has 0 aliphatic carbocycles. The summed E-state index contributed by atoms with van der Waals surface area (Å²) in [6, 6.07) is 108. The highest BCUT2D eigenvalue weighted by atomic mass is 32.2. The molecular formula is C107H127N7O11SSi. The molecule has 0 aliphatic heterocycles. The average Bonchev–Trinajstić information content (AvgIpc) is 0.802. The second-order valence-electron chi connectivity index (χ2n) is 34.8. The molecule has 0 spiro atoms. The molecule has 12 aromatic rings. The minimum atomic E-state index is -4.58.